The van der Waals surface area contributed by atoms with Crippen LogP contribution in [0.1, 0.15) is 128 Å². The van der Waals surface area contributed by atoms with Gasteiger partial charge in [0.25, 0.3) is 5.91 Å². The molecule has 75 heavy (non-hydrogen) atoms. The second-order valence-corrected chi connectivity index (χ2v) is 23.7. The molecule has 0 radical (unpaired) electrons. The van der Waals surface area contributed by atoms with Crippen molar-refractivity contribution >= 4 is 58.2 Å². The number of unbranched alkanes of at least 4 members (excludes halogenated alkanes) is 2. The second kappa shape index (κ2) is 24.7. The van der Waals surface area contributed by atoms with Crippen molar-refractivity contribution in [3.8, 4) is 22.3 Å². The molecule has 1 unspecified atom stereocenters. The Hall–Kier alpha value is -6.06. The number of nitrogens with one attached hydrogen (secondary N) is 4. The van der Waals surface area contributed by atoms with Gasteiger partial charge in [-0.2, -0.15) is 5.26 Å². The molecule has 4 aromatic rings. The SMILES string of the molecule is Cc1ncsc1-c1ccc([C@H](C)NC(=O)[C@@H]2C[C@@H](OC(=O)C(N)C(C)C)CN2C(=O)[C@@H](NC(=O)COCCCCCNc2ccc(C(=O)N[C@H]3C(C)(C)[C@H](Oc4ccc(C#N)c(Cl)c4)C3(C)C)cc2)C(C)(C)C)cc1. The number of amides is 4. The first-order chi connectivity index (χ1) is 35.3. The van der Waals surface area contributed by atoms with Crippen molar-refractivity contribution in [2.45, 2.75) is 144 Å². The quantitative estimate of drug-likeness (QED) is 0.0368. The number of nitriles is 1. The maximum atomic E-state index is 14.5. The number of rotatable bonds is 22. The summed E-state index contributed by atoms with van der Waals surface area (Å²) in [7, 11) is 0. The van der Waals surface area contributed by atoms with Gasteiger partial charge in [-0.3, -0.25) is 24.0 Å². The van der Waals surface area contributed by atoms with Crippen LogP contribution in [0.5, 0.6) is 5.75 Å². The standard InChI is InChI=1S/C57H75ClN8O8S/c1-33(2)46(60)52(71)73-42-28-44(50(69)63-34(3)36-15-17-37(18-16-36)47-35(4)62-32-75-47)66(30-42)51(70)48(55(5,6)7)64-45(67)31-72-26-14-12-13-25-61-40-22-19-38(20-23-40)49(68)65-53-56(8,9)54(57(53,10)11)74-41-24-21-39(29-59)43(58)27-41/h15-24,27,32-34,42,44,46,48,53-54,61H,12-14,25-26,28,30-31,60H2,1-11H3,(H,63,69)(H,64,67)(H,65,68)/t34-,42+,44-,46?,48+,53-,54-/m0/s1. The minimum Gasteiger partial charge on any atom is -0.489 e. The molecule has 2 heterocycles. The average molecular weight is 1070 g/mol. The molecule has 1 saturated carbocycles. The van der Waals surface area contributed by atoms with E-state index in [0.29, 0.717) is 41.5 Å². The summed E-state index contributed by atoms with van der Waals surface area (Å²) in [6.45, 7) is 22.0. The number of halogens is 1. The molecule has 3 aromatic carbocycles. The lowest BCUT2D eigenvalue weighted by Gasteiger charge is -2.63. The van der Waals surface area contributed by atoms with Crippen LogP contribution in [-0.4, -0.2) is 102 Å². The van der Waals surface area contributed by atoms with Crippen LogP contribution in [0.25, 0.3) is 10.4 Å². The van der Waals surface area contributed by atoms with Crippen LogP contribution in [0.3, 0.4) is 0 Å². The van der Waals surface area contributed by atoms with E-state index in [4.69, 9.17) is 31.5 Å². The number of carbonyl (C=O) groups excluding carboxylic acids is 5. The first-order valence-corrected chi connectivity index (χ1v) is 27.0. The molecule has 1 aromatic heterocycles. The number of hydrogen-bond donors (Lipinski definition) is 5. The molecule has 4 amide bonds. The molecule has 0 bridgehead atoms. The molecule has 18 heteroatoms. The molecule has 6 rings (SSSR count). The Kier molecular flexibility index (Phi) is 19.2. The van der Waals surface area contributed by atoms with Crippen LogP contribution in [0.15, 0.2) is 72.2 Å². The fourth-order valence-electron chi connectivity index (χ4n) is 10.3. The molecule has 1 saturated heterocycles. The number of hydrogen-bond acceptors (Lipinski definition) is 13. The van der Waals surface area contributed by atoms with Gasteiger partial charge in [0.15, 0.2) is 0 Å². The van der Waals surface area contributed by atoms with Crippen LogP contribution in [0.4, 0.5) is 5.69 Å². The third-order valence-corrected chi connectivity index (χ3v) is 15.7. The number of carbonyl (C=O) groups is 5. The van der Waals surface area contributed by atoms with Crippen molar-refractivity contribution < 1.29 is 38.2 Å². The van der Waals surface area contributed by atoms with Crippen molar-refractivity contribution in [3.63, 3.8) is 0 Å². The van der Waals surface area contributed by atoms with Crippen molar-refractivity contribution in [2.24, 2.45) is 27.9 Å². The summed E-state index contributed by atoms with van der Waals surface area (Å²) in [5.41, 5.74) is 11.0. The molecule has 16 nitrogen and oxygen atoms in total. The Balaban J connectivity index is 0.943. The number of nitrogens with two attached hydrogens (primary N) is 1. The van der Waals surface area contributed by atoms with E-state index in [0.717, 1.165) is 40.2 Å². The fourth-order valence-corrected chi connectivity index (χ4v) is 11.3. The van der Waals surface area contributed by atoms with Crippen LogP contribution in [0, 0.1) is 40.4 Å². The Morgan fingerprint density at radius 1 is 0.947 bits per heavy atom. The average Bonchev–Trinajstić information content (AvgIpc) is 4.00. The fraction of sp³-hybridized carbons (Fsp3) is 0.526. The monoisotopic (exact) mass is 1070 g/mol. The number of anilines is 1. The van der Waals surface area contributed by atoms with E-state index < -0.39 is 59.4 Å². The van der Waals surface area contributed by atoms with Crippen LogP contribution in [-0.2, 0) is 28.7 Å². The van der Waals surface area contributed by atoms with Crippen LogP contribution < -0.4 is 31.7 Å². The van der Waals surface area contributed by atoms with Crippen LogP contribution >= 0.6 is 22.9 Å². The number of benzene rings is 3. The maximum Gasteiger partial charge on any atom is 0.323 e. The second-order valence-electron chi connectivity index (χ2n) is 22.5. The maximum absolute atomic E-state index is 14.5. The summed E-state index contributed by atoms with van der Waals surface area (Å²) < 4.78 is 17.9. The van der Waals surface area contributed by atoms with Gasteiger partial charge in [0, 0.05) is 53.8 Å². The number of aryl methyl sites for hydroxylation is 1. The Morgan fingerprint density at radius 2 is 1.63 bits per heavy atom. The first kappa shape index (κ1) is 58.2. The number of esters is 1. The molecule has 1 aliphatic carbocycles. The predicted octanol–water partition coefficient (Wildman–Crippen LogP) is 8.76. The summed E-state index contributed by atoms with van der Waals surface area (Å²) in [5.74, 6) is -1.73. The van der Waals surface area contributed by atoms with E-state index in [1.807, 2.05) is 90.4 Å². The van der Waals surface area contributed by atoms with E-state index in [9.17, 15) is 29.2 Å². The highest BCUT2D eigenvalue weighted by Gasteiger charge is 2.64. The lowest BCUT2D eigenvalue weighted by Crippen LogP contribution is -2.74. The molecule has 2 aliphatic rings. The summed E-state index contributed by atoms with van der Waals surface area (Å²) in [4.78, 5) is 75.3. The van der Waals surface area contributed by atoms with E-state index in [2.05, 4.69) is 60.0 Å². The summed E-state index contributed by atoms with van der Waals surface area (Å²) in [6, 6.07) is 18.9. The van der Waals surface area contributed by atoms with Gasteiger partial charge in [0.2, 0.25) is 17.7 Å². The highest BCUT2D eigenvalue weighted by atomic mass is 35.5. The number of ether oxygens (including phenoxy) is 3. The third-order valence-electron chi connectivity index (χ3n) is 14.4. The molecule has 5 atom stereocenters. The summed E-state index contributed by atoms with van der Waals surface area (Å²) in [5, 5.41) is 22.1. The number of thiazole rings is 1. The number of nitrogens with zero attached hydrogens (tertiary/aromatic N) is 3. The highest BCUT2D eigenvalue weighted by molar-refractivity contribution is 7.13. The highest BCUT2D eigenvalue weighted by Crippen LogP contribution is 2.55. The van der Waals surface area contributed by atoms with Gasteiger partial charge in [-0.25, -0.2) is 4.98 Å². The predicted molar refractivity (Wildman–Crippen MR) is 292 cm³/mol. The zero-order valence-electron chi connectivity index (χ0n) is 45.2. The van der Waals surface area contributed by atoms with Gasteiger partial charge >= 0.3 is 5.97 Å². The summed E-state index contributed by atoms with van der Waals surface area (Å²) in [6.07, 6.45) is 1.44. The zero-order valence-corrected chi connectivity index (χ0v) is 46.7. The van der Waals surface area contributed by atoms with Gasteiger partial charge in [-0.15, -0.1) is 11.3 Å². The van der Waals surface area contributed by atoms with E-state index in [1.165, 1.54) is 4.90 Å². The van der Waals surface area contributed by atoms with Gasteiger partial charge < -0.3 is 46.1 Å². The van der Waals surface area contributed by atoms with E-state index in [-0.39, 0.29) is 54.4 Å². The molecule has 2 fully saturated rings. The largest absolute Gasteiger partial charge is 0.489 e. The Bertz CT molecular complexity index is 2680. The smallest absolute Gasteiger partial charge is 0.323 e. The van der Waals surface area contributed by atoms with Crippen molar-refractivity contribution in [2.75, 3.05) is 31.6 Å². The molecular weight excluding hydrogens is 992 g/mol. The Morgan fingerprint density at radius 3 is 2.23 bits per heavy atom. The van der Waals surface area contributed by atoms with Crippen molar-refractivity contribution in [1.29, 1.82) is 5.26 Å². The number of likely N-dealkylation sites (tertiary alicyclic amines) is 1. The third kappa shape index (κ3) is 14.3. The van der Waals surface area contributed by atoms with E-state index in [1.54, 1.807) is 41.7 Å². The minimum atomic E-state index is -1.02. The van der Waals surface area contributed by atoms with Gasteiger partial charge in [0.1, 0.15) is 48.8 Å². The number of aromatic nitrogens is 1. The minimum absolute atomic E-state index is 0.0447. The normalized spacial score (nSPS) is 19.9. The summed E-state index contributed by atoms with van der Waals surface area (Å²) >= 11 is 7.81. The molecule has 1 aliphatic heterocycles. The van der Waals surface area contributed by atoms with Crippen molar-refractivity contribution in [1.82, 2.24) is 25.8 Å². The first-order valence-electron chi connectivity index (χ1n) is 25.8. The van der Waals surface area contributed by atoms with Gasteiger partial charge in [0.05, 0.1) is 39.3 Å². The lowest BCUT2D eigenvalue weighted by atomic mass is 9.49. The molecule has 404 valence electrons. The van der Waals surface area contributed by atoms with Crippen molar-refractivity contribution in [3.05, 3.63) is 99.6 Å². The Labute approximate surface area is 451 Å². The van der Waals surface area contributed by atoms with E-state index >= 15 is 0 Å². The molecule has 6 N–H and O–H groups in total. The zero-order chi connectivity index (χ0) is 55.0. The molecule has 0 spiro atoms. The van der Waals surface area contributed by atoms with Gasteiger partial charge in [-0.05, 0) is 92.0 Å². The lowest BCUT2D eigenvalue weighted by molar-refractivity contribution is -0.164. The molecular formula is C57H75ClN8O8S. The van der Waals surface area contributed by atoms with Gasteiger partial charge in [-0.1, -0.05) is 98.2 Å². The topological polar surface area (TPSA) is 227 Å². The van der Waals surface area contributed by atoms with Crippen LogP contribution in [0.2, 0.25) is 5.02 Å².